The molecule has 10 heteroatoms. The van der Waals surface area contributed by atoms with E-state index in [1.165, 1.54) is 13.3 Å². The molecule has 0 aliphatic rings. The first-order chi connectivity index (χ1) is 9.92. The van der Waals surface area contributed by atoms with Gasteiger partial charge in [-0.1, -0.05) is 0 Å². The van der Waals surface area contributed by atoms with Crippen molar-refractivity contribution in [3.05, 3.63) is 28.2 Å². The Hall–Kier alpha value is -2.91. The summed E-state index contributed by atoms with van der Waals surface area (Å²) in [7, 11) is 3.03. The third-order valence-electron chi connectivity index (χ3n) is 2.91. The Labute approximate surface area is 119 Å². The van der Waals surface area contributed by atoms with E-state index in [-0.39, 0.29) is 24.0 Å². The summed E-state index contributed by atoms with van der Waals surface area (Å²) < 4.78 is 7.56. The van der Waals surface area contributed by atoms with Crippen LogP contribution in [0.5, 0.6) is 5.88 Å². The van der Waals surface area contributed by atoms with Crippen molar-refractivity contribution in [2.24, 2.45) is 7.05 Å². The van der Waals surface area contributed by atoms with Crippen molar-refractivity contribution in [2.75, 3.05) is 12.4 Å². The number of carbonyl (C=O) groups excluding carboxylic acids is 1. The summed E-state index contributed by atoms with van der Waals surface area (Å²) in [5.74, 6) is -0.503. The van der Waals surface area contributed by atoms with E-state index < -0.39 is 4.92 Å². The molecular weight excluding hydrogens is 280 g/mol. The standard InChI is InChI=1S/C11H14N6O4/c1-7-8(4-12-15(7)2)13-10(18)6-16-5-9(17(19)20)11(14-16)21-3/h4-5H,6H2,1-3H3,(H,13,18). The lowest BCUT2D eigenvalue weighted by Gasteiger charge is -2.04. The molecule has 0 aliphatic carbocycles. The largest absolute Gasteiger partial charge is 0.475 e. The second kappa shape index (κ2) is 5.61. The molecule has 2 heterocycles. The minimum absolute atomic E-state index is 0.134. The smallest absolute Gasteiger partial charge is 0.350 e. The lowest BCUT2D eigenvalue weighted by molar-refractivity contribution is -0.385. The van der Waals surface area contributed by atoms with E-state index in [2.05, 4.69) is 15.5 Å². The Balaban J connectivity index is 2.09. The second-order valence-electron chi connectivity index (χ2n) is 4.29. The van der Waals surface area contributed by atoms with Crippen LogP contribution in [0.4, 0.5) is 11.4 Å². The van der Waals surface area contributed by atoms with Crippen LogP contribution in [0.15, 0.2) is 12.4 Å². The number of hydrogen-bond donors (Lipinski definition) is 1. The molecule has 0 spiro atoms. The molecule has 0 saturated carbocycles. The average Bonchev–Trinajstić information content (AvgIpc) is 2.97. The van der Waals surface area contributed by atoms with Gasteiger partial charge in [-0.15, -0.1) is 5.10 Å². The molecule has 1 amide bonds. The molecule has 0 fully saturated rings. The van der Waals surface area contributed by atoms with Gasteiger partial charge in [0.05, 0.1) is 29.6 Å². The van der Waals surface area contributed by atoms with Gasteiger partial charge >= 0.3 is 11.6 Å². The second-order valence-corrected chi connectivity index (χ2v) is 4.29. The molecule has 0 aromatic carbocycles. The normalized spacial score (nSPS) is 10.4. The monoisotopic (exact) mass is 294 g/mol. The molecule has 2 rings (SSSR count). The maximum Gasteiger partial charge on any atom is 0.350 e. The van der Waals surface area contributed by atoms with Gasteiger partial charge in [0.1, 0.15) is 12.7 Å². The third-order valence-corrected chi connectivity index (χ3v) is 2.91. The number of methoxy groups -OCH3 is 1. The molecule has 21 heavy (non-hydrogen) atoms. The van der Waals surface area contributed by atoms with Crippen LogP contribution < -0.4 is 10.1 Å². The first-order valence-corrected chi connectivity index (χ1v) is 5.96. The molecule has 112 valence electrons. The first-order valence-electron chi connectivity index (χ1n) is 5.96. The number of carbonyl (C=O) groups is 1. The fraction of sp³-hybridized carbons (Fsp3) is 0.364. The van der Waals surface area contributed by atoms with Crippen LogP contribution in [0.2, 0.25) is 0 Å². The summed E-state index contributed by atoms with van der Waals surface area (Å²) in [4.78, 5) is 22.1. The molecule has 1 N–H and O–H groups in total. The van der Waals surface area contributed by atoms with Crippen LogP contribution in [0, 0.1) is 17.0 Å². The lowest BCUT2D eigenvalue weighted by atomic mass is 10.4. The topological polar surface area (TPSA) is 117 Å². The van der Waals surface area contributed by atoms with Gasteiger partial charge in [-0.2, -0.15) is 5.10 Å². The Morgan fingerprint density at radius 1 is 1.57 bits per heavy atom. The van der Waals surface area contributed by atoms with E-state index >= 15 is 0 Å². The first kappa shape index (κ1) is 14.5. The minimum Gasteiger partial charge on any atom is -0.475 e. The highest BCUT2D eigenvalue weighted by atomic mass is 16.6. The number of anilines is 1. The van der Waals surface area contributed by atoms with Crippen molar-refractivity contribution >= 4 is 17.3 Å². The van der Waals surface area contributed by atoms with Crippen LogP contribution in [-0.4, -0.2) is 37.5 Å². The summed E-state index contributed by atoms with van der Waals surface area (Å²) in [6.45, 7) is 1.64. The SMILES string of the molecule is COc1nn(CC(=O)Nc2cnn(C)c2C)cc1[N+](=O)[O-]. The molecule has 10 nitrogen and oxygen atoms in total. The summed E-state index contributed by atoms with van der Waals surface area (Å²) in [5.41, 5.74) is 1.09. The Bertz CT molecular complexity index is 689. The minimum atomic E-state index is -0.620. The highest BCUT2D eigenvalue weighted by Gasteiger charge is 2.21. The molecule has 0 bridgehead atoms. The Morgan fingerprint density at radius 3 is 2.76 bits per heavy atom. The summed E-state index contributed by atoms with van der Waals surface area (Å²) in [5, 5.41) is 21.3. The number of hydrogen-bond acceptors (Lipinski definition) is 6. The van der Waals surface area contributed by atoms with Crippen LogP contribution in [-0.2, 0) is 18.4 Å². The molecule has 0 radical (unpaired) electrons. The van der Waals surface area contributed by atoms with E-state index in [9.17, 15) is 14.9 Å². The van der Waals surface area contributed by atoms with E-state index in [4.69, 9.17) is 4.74 Å². The highest BCUT2D eigenvalue weighted by molar-refractivity contribution is 5.90. The van der Waals surface area contributed by atoms with Gasteiger partial charge in [0, 0.05) is 7.05 Å². The van der Waals surface area contributed by atoms with Crippen LogP contribution >= 0.6 is 0 Å². The summed E-state index contributed by atoms with van der Waals surface area (Å²) >= 11 is 0. The predicted molar refractivity (Wildman–Crippen MR) is 72.0 cm³/mol. The van der Waals surface area contributed by atoms with Crippen molar-refractivity contribution in [2.45, 2.75) is 13.5 Å². The van der Waals surface area contributed by atoms with Crippen LogP contribution in [0.3, 0.4) is 0 Å². The number of nitrogens with one attached hydrogen (secondary N) is 1. The zero-order chi connectivity index (χ0) is 15.6. The molecule has 0 aliphatic heterocycles. The number of aromatic nitrogens is 4. The zero-order valence-corrected chi connectivity index (χ0v) is 11.7. The highest BCUT2D eigenvalue weighted by Crippen LogP contribution is 2.23. The maximum absolute atomic E-state index is 11.9. The van der Waals surface area contributed by atoms with Crippen molar-refractivity contribution in [1.82, 2.24) is 19.6 Å². The quantitative estimate of drug-likeness (QED) is 0.633. The number of nitrogens with zero attached hydrogens (tertiary/aromatic N) is 5. The molecule has 0 atom stereocenters. The van der Waals surface area contributed by atoms with Crippen LogP contribution in [0.1, 0.15) is 5.69 Å². The number of rotatable bonds is 5. The van der Waals surface area contributed by atoms with Crippen molar-refractivity contribution in [3.63, 3.8) is 0 Å². The fourth-order valence-electron chi connectivity index (χ4n) is 1.70. The van der Waals surface area contributed by atoms with Gasteiger partial charge in [-0.3, -0.25) is 24.3 Å². The maximum atomic E-state index is 11.9. The summed E-state index contributed by atoms with van der Waals surface area (Å²) in [6.07, 6.45) is 2.67. The van der Waals surface area contributed by atoms with E-state index in [0.717, 1.165) is 16.6 Å². The van der Waals surface area contributed by atoms with Crippen LogP contribution in [0.25, 0.3) is 0 Å². The molecule has 2 aromatic heterocycles. The number of aryl methyl sites for hydroxylation is 1. The van der Waals surface area contributed by atoms with Crippen molar-refractivity contribution in [1.29, 1.82) is 0 Å². The molecule has 2 aromatic rings. The predicted octanol–water partition coefficient (Wildman–Crippen LogP) is 0.481. The van der Waals surface area contributed by atoms with Gasteiger partial charge < -0.3 is 10.1 Å². The van der Waals surface area contributed by atoms with E-state index in [1.54, 1.807) is 11.7 Å². The molecule has 0 saturated heterocycles. The van der Waals surface area contributed by atoms with Crippen molar-refractivity contribution in [3.8, 4) is 5.88 Å². The van der Waals surface area contributed by atoms with Crippen molar-refractivity contribution < 1.29 is 14.5 Å². The number of nitro groups is 1. The van der Waals surface area contributed by atoms with Gasteiger partial charge in [0.2, 0.25) is 5.91 Å². The number of amides is 1. The van der Waals surface area contributed by atoms with E-state index in [0.29, 0.717) is 5.69 Å². The van der Waals surface area contributed by atoms with Gasteiger partial charge in [-0.05, 0) is 6.92 Å². The van der Waals surface area contributed by atoms with Gasteiger partial charge in [0.15, 0.2) is 0 Å². The fourth-order valence-corrected chi connectivity index (χ4v) is 1.70. The van der Waals surface area contributed by atoms with Gasteiger partial charge in [-0.25, -0.2) is 0 Å². The van der Waals surface area contributed by atoms with Gasteiger partial charge in [0.25, 0.3) is 0 Å². The Morgan fingerprint density at radius 2 is 2.29 bits per heavy atom. The van der Waals surface area contributed by atoms with E-state index in [1.807, 2.05) is 6.92 Å². The summed E-state index contributed by atoms with van der Waals surface area (Å²) in [6, 6.07) is 0. The Kier molecular flexibility index (Phi) is 3.87. The third kappa shape index (κ3) is 2.99. The zero-order valence-electron chi connectivity index (χ0n) is 11.7. The molecular formula is C11H14N6O4. The number of ether oxygens (including phenoxy) is 1. The molecule has 0 unspecified atom stereocenters. The lowest BCUT2D eigenvalue weighted by Crippen LogP contribution is -2.19. The average molecular weight is 294 g/mol.